The lowest BCUT2D eigenvalue weighted by atomic mass is 9.86. The van der Waals surface area contributed by atoms with Gasteiger partial charge in [-0.05, 0) is 17.0 Å². The minimum Gasteiger partial charge on any atom is -0.478 e. The second kappa shape index (κ2) is 5.52. The van der Waals surface area contributed by atoms with Crippen molar-refractivity contribution in [3.05, 3.63) is 70.8 Å². The minimum absolute atomic E-state index is 0.0144. The number of carbonyl (C=O) groups excluding carboxylic acids is 1. The lowest BCUT2D eigenvalue weighted by molar-refractivity contribution is 0.0693. The Morgan fingerprint density at radius 1 is 0.857 bits per heavy atom. The van der Waals surface area contributed by atoms with Gasteiger partial charge in [-0.3, -0.25) is 4.79 Å². The van der Waals surface area contributed by atoms with E-state index in [2.05, 4.69) is 20.8 Å². The third-order valence-electron chi connectivity index (χ3n) is 3.42. The molecule has 0 atom stereocenters. The molecule has 0 aliphatic rings. The zero-order valence-electron chi connectivity index (χ0n) is 12.4. The Balaban J connectivity index is 2.40. The van der Waals surface area contributed by atoms with Gasteiger partial charge in [0.25, 0.3) is 0 Å². The second-order valence-corrected chi connectivity index (χ2v) is 6.01. The topological polar surface area (TPSA) is 54.4 Å². The van der Waals surface area contributed by atoms with Crippen molar-refractivity contribution in [1.29, 1.82) is 0 Å². The van der Waals surface area contributed by atoms with Crippen molar-refractivity contribution < 1.29 is 14.7 Å². The number of carbonyl (C=O) groups is 2. The molecule has 0 radical (unpaired) electrons. The molecule has 0 bridgehead atoms. The SMILES string of the molecule is CC(C)(C)c1ccc(C(=O)c2ccccc2C(=O)O)cc1. The van der Waals surface area contributed by atoms with Gasteiger partial charge in [0.15, 0.2) is 5.78 Å². The molecule has 0 saturated heterocycles. The van der Waals surface area contributed by atoms with Crippen molar-refractivity contribution in [3.63, 3.8) is 0 Å². The average molecular weight is 282 g/mol. The molecule has 0 unspecified atom stereocenters. The standard InChI is InChI=1S/C18H18O3/c1-18(2,3)13-10-8-12(9-11-13)16(19)14-6-4-5-7-15(14)17(20)21/h4-11H,1-3H3,(H,20,21). The second-order valence-electron chi connectivity index (χ2n) is 6.01. The van der Waals surface area contributed by atoms with Crippen LogP contribution in [0.5, 0.6) is 0 Å². The molecule has 0 heterocycles. The van der Waals surface area contributed by atoms with E-state index in [-0.39, 0.29) is 22.3 Å². The van der Waals surface area contributed by atoms with Crippen LogP contribution < -0.4 is 0 Å². The van der Waals surface area contributed by atoms with E-state index in [9.17, 15) is 9.59 Å². The lowest BCUT2D eigenvalue weighted by Crippen LogP contribution is -2.12. The number of hydrogen-bond acceptors (Lipinski definition) is 2. The van der Waals surface area contributed by atoms with E-state index in [4.69, 9.17) is 5.11 Å². The highest BCUT2D eigenvalue weighted by Gasteiger charge is 2.18. The number of aromatic carboxylic acids is 1. The molecule has 3 heteroatoms. The van der Waals surface area contributed by atoms with Crippen molar-refractivity contribution >= 4 is 11.8 Å². The first kappa shape index (κ1) is 15.0. The van der Waals surface area contributed by atoms with Crippen LogP contribution in [0.3, 0.4) is 0 Å². The van der Waals surface area contributed by atoms with Gasteiger partial charge in [-0.25, -0.2) is 4.79 Å². The summed E-state index contributed by atoms with van der Waals surface area (Å²) in [6.45, 7) is 6.30. The van der Waals surface area contributed by atoms with Crippen LogP contribution in [0.1, 0.15) is 52.6 Å². The van der Waals surface area contributed by atoms with Crippen LogP contribution in [0.2, 0.25) is 0 Å². The number of hydrogen-bond donors (Lipinski definition) is 1. The third-order valence-corrected chi connectivity index (χ3v) is 3.42. The van der Waals surface area contributed by atoms with E-state index in [0.717, 1.165) is 5.56 Å². The van der Waals surface area contributed by atoms with Gasteiger partial charge in [-0.2, -0.15) is 0 Å². The average Bonchev–Trinajstić information content (AvgIpc) is 2.45. The van der Waals surface area contributed by atoms with E-state index in [1.807, 2.05) is 12.1 Å². The van der Waals surface area contributed by atoms with E-state index in [1.54, 1.807) is 30.3 Å². The Morgan fingerprint density at radius 2 is 1.38 bits per heavy atom. The molecule has 0 aliphatic carbocycles. The molecule has 21 heavy (non-hydrogen) atoms. The molecule has 2 aromatic rings. The Bertz CT molecular complexity index is 676. The quantitative estimate of drug-likeness (QED) is 0.868. The van der Waals surface area contributed by atoms with Gasteiger partial charge in [0.05, 0.1) is 5.56 Å². The molecule has 0 amide bonds. The molecule has 2 aromatic carbocycles. The summed E-state index contributed by atoms with van der Waals surface area (Å²) in [5.41, 5.74) is 1.89. The molecule has 0 spiro atoms. The van der Waals surface area contributed by atoms with Gasteiger partial charge in [-0.1, -0.05) is 63.2 Å². The molecule has 1 N–H and O–H groups in total. The Morgan fingerprint density at radius 3 is 1.86 bits per heavy atom. The van der Waals surface area contributed by atoms with Crippen LogP contribution >= 0.6 is 0 Å². The van der Waals surface area contributed by atoms with Crippen LogP contribution in [0.4, 0.5) is 0 Å². The smallest absolute Gasteiger partial charge is 0.336 e. The summed E-state index contributed by atoms with van der Waals surface area (Å²) in [6, 6.07) is 13.6. The predicted octanol–water partition coefficient (Wildman–Crippen LogP) is 3.91. The summed E-state index contributed by atoms with van der Waals surface area (Å²) in [5, 5.41) is 9.16. The van der Waals surface area contributed by atoms with Gasteiger partial charge in [0.2, 0.25) is 0 Å². The van der Waals surface area contributed by atoms with Gasteiger partial charge in [0.1, 0.15) is 0 Å². The lowest BCUT2D eigenvalue weighted by Gasteiger charge is -2.19. The molecule has 0 fully saturated rings. The highest BCUT2D eigenvalue weighted by Crippen LogP contribution is 2.23. The summed E-state index contributed by atoms with van der Waals surface area (Å²) in [5.74, 6) is -1.36. The van der Waals surface area contributed by atoms with Gasteiger partial charge < -0.3 is 5.11 Å². The maximum absolute atomic E-state index is 12.5. The first-order chi connectivity index (χ1) is 9.80. The van der Waals surface area contributed by atoms with Gasteiger partial charge in [-0.15, -0.1) is 0 Å². The van der Waals surface area contributed by atoms with Crippen molar-refractivity contribution in [2.75, 3.05) is 0 Å². The number of ketones is 1. The first-order valence-electron chi connectivity index (χ1n) is 6.78. The maximum atomic E-state index is 12.5. The van der Waals surface area contributed by atoms with E-state index < -0.39 is 5.97 Å². The van der Waals surface area contributed by atoms with Gasteiger partial charge >= 0.3 is 5.97 Å². The third kappa shape index (κ3) is 3.19. The van der Waals surface area contributed by atoms with Crippen LogP contribution in [-0.2, 0) is 5.41 Å². The van der Waals surface area contributed by atoms with Crippen LogP contribution in [0.15, 0.2) is 48.5 Å². The predicted molar refractivity (Wildman–Crippen MR) is 82.0 cm³/mol. The summed E-state index contributed by atoms with van der Waals surface area (Å²) < 4.78 is 0. The van der Waals surface area contributed by atoms with Crippen molar-refractivity contribution in [3.8, 4) is 0 Å². The molecule has 2 rings (SSSR count). The molecule has 108 valence electrons. The fourth-order valence-electron chi connectivity index (χ4n) is 2.14. The molecule has 3 nitrogen and oxygen atoms in total. The Kier molecular flexibility index (Phi) is 3.94. The fraction of sp³-hybridized carbons (Fsp3) is 0.222. The molecule has 0 aromatic heterocycles. The van der Waals surface area contributed by atoms with E-state index >= 15 is 0 Å². The zero-order chi connectivity index (χ0) is 15.6. The van der Waals surface area contributed by atoms with Crippen molar-refractivity contribution in [1.82, 2.24) is 0 Å². The molecule has 0 saturated carbocycles. The summed E-state index contributed by atoms with van der Waals surface area (Å²) in [6.07, 6.45) is 0. The normalized spacial score (nSPS) is 11.2. The highest BCUT2D eigenvalue weighted by molar-refractivity contribution is 6.14. The molecular formula is C18H18O3. The monoisotopic (exact) mass is 282 g/mol. The number of carboxylic acid groups (broad SMARTS) is 1. The fourth-order valence-corrected chi connectivity index (χ4v) is 2.14. The Labute approximate surface area is 124 Å². The van der Waals surface area contributed by atoms with Gasteiger partial charge in [0, 0.05) is 11.1 Å². The van der Waals surface area contributed by atoms with E-state index in [1.165, 1.54) is 6.07 Å². The number of carboxylic acids is 1. The Hall–Kier alpha value is -2.42. The maximum Gasteiger partial charge on any atom is 0.336 e. The molecular weight excluding hydrogens is 264 g/mol. The summed E-state index contributed by atoms with van der Waals surface area (Å²) in [4.78, 5) is 23.7. The van der Waals surface area contributed by atoms with Crippen LogP contribution in [0, 0.1) is 0 Å². The van der Waals surface area contributed by atoms with Crippen molar-refractivity contribution in [2.45, 2.75) is 26.2 Å². The van der Waals surface area contributed by atoms with Crippen LogP contribution in [0.25, 0.3) is 0 Å². The first-order valence-corrected chi connectivity index (χ1v) is 6.78. The zero-order valence-corrected chi connectivity index (χ0v) is 12.4. The van der Waals surface area contributed by atoms with E-state index in [0.29, 0.717) is 5.56 Å². The van der Waals surface area contributed by atoms with Crippen molar-refractivity contribution in [2.24, 2.45) is 0 Å². The molecule has 0 aliphatic heterocycles. The summed E-state index contributed by atoms with van der Waals surface area (Å²) >= 11 is 0. The number of rotatable bonds is 3. The number of benzene rings is 2. The summed E-state index contributed by atoms with van der Waals surface area (Å²) in [7, 11) is 0. The highest BCUT2D eigenvalue weighted by atomic mass is 16.4. The minimum atomic E-state index is -1.09. The van der Waals surface area contributed by atoms with Crippen LogP contribution in [-0.4, -0.2) is 16.9 Å². The largest absolute Gasteiger partial charge is 0.478 e.